The van der Waals surface area contributed by atoms with Gasteiger partial charge in [-0.1, -0.05) is 47.5 Å². The predicted molar refractivity (Wildman–Crippen MR) is 94.1 cm³/mol. The van der Waals surface area contributed by atoms with Gasteiger partial charge >= 0.3 is 0 Å². The molecule has 0 aliphatic rings. The number of hydrogen-bond donors (Lipinski definition) is 2. The van der Waals surface area contributed by atoms with Crippen LogP contribution in [0, 0.1) is 0 Å². The summed E-state index contributed by atoms with van der Waals surface area (Å²) in [5.74, 6) is 0.776. The van der Waals surface area contributed by atoms with Crippen molar-refractivity contribution in [1.82, 2.24) is 4.98 Å². The van der Waals surface area contributed by atoms with E-state index in [0.717, 1.165) is 35.2 Å². The maximum Gasteiger partial charge on any atom is 0.228 e. The van der Waals surface area contributed by atoms with Crippen molar-refractivity contribution in [3.05, 3.63) is 52.6 Å². The second kappa shape index (κ2) is 8.54. The number of carbonyl (C=O) groups excluding carboxylic acids is 1. The number of carbonyl (C=O) groups is 1. The molecule has 0 atom stereocenters. The first-order valence-electron chi connectivity index (χ1n) is 7.42. The van der Waals surface area contributed by atoms with E-state index in [1.54, 1.807) is 6.20 Å². The predicted octanol–water partition coefficient (Wildman–Crippen LogP) is 4.24. The van der Waals surface area contributed by atoms with Crippen LogP contribution in [0.5, 0.6) is 0 Å². The number of anilines is 2. The summed E-state index contributed by atoms with van der Waals surface area (Å²) in [6, 6.07) is 11.5. The topological polar surface area (TPSA) is 54.0 Å². The first-order chi connectivity index (χ1) is 10.7. The Morgan fingerprint density at radius 2 is 2.05 bits per heavy atom. The molecule has 0 saturated carbocycles. The Bertz CT molecular complexity index is 614. The first-order valence-corrected chi connectivity index (χ1v) is 8.21. The Hall–Kier alpha value is -1.88. The van der Waals surface area contributed by atoms with E-state index in [9.17, 15) is 4.79 Å². The van der Waals surface area contributed by atoms with Crippen LogP contribution in [0.15, 0.2) is 47.1 Å². The van der Waals surface area contributed by atoms with E-state index in [-0.39, 0.29) is 5.91 Å². The number of unbranched alkanes of at least 4 members (excludes halogenated alkanes) is 1. The first kappa shape index (κ1) is 16.5. The molecular formula is C17H20BrN3O. The van der Waals surface area contributed by atoms with Crippen LogP contribution < -0.4 is 10.6 Å². The summed E-state index contributed by atoms with van der Waals surface area (Å²) in [4.78, 5) is 16.3. The molecule has 4 nitrogen and oxygen atoms in total. The number of nitrogens with one attached hydrogen (secondary N) is 2. The molecule has 1 aromatic heterocycles. The molecule has 0 aliphatic carbocycles. The molecule has 116 valence electrons. The number of benzene rings is 1. The Kier molecular flexibility index (Phi) is 6.40. The van der Waals surface area contributed by atoms with Crippen molar-refractivity contribution >= 4 is 33.3 Å². The fourth-order valence-electron chi connectivity index (χ4n) is 1.99. The summed E-state index contributed by atoms with van der Waals surface area (Å²) in [5.41, 5.74) is 1.67. The lowest BCUT2D eigenvalue weighted by Gasteiger charge is -2.08. The quantitative estimate of drug-likeness (QED) is 0.725. The summed E-state index contributed by atoms with van der Waals surface area (Å²) in [7, 11) is 0. The summed E-state index contributed by atoms with van der Waals surface area (Å²) < 4.78 is 0.943. The molecule has 22 heavy (non-hydrogen) atoms. The zero-order valence-electron chi connectivity index (χ0n) is 12.6. The van der Waals surface area contributed by atoms with Gasteiger partial charge in [-0.05, 0) is 30.2 Å². The molecule has 5 heteroatoms. The van der Waals surface area contributed by atoms with Gasteiger partial charge in [0.25, 0.3) is 0 Å². The zero-order chi connectivity index (χ0) is 15.8. The summed E-state index contributed by atoms with van der Waals surface area (Å²) in [6.07, 6.45) is 4.27. The molecule has 0 saturated heterocycles. The van der Waals surface area contributed by atoms with Crippen molar-refractivity contribution in [1.29, 1.82) is 0 Å². The van der Waals surface area contributed by atoms with E-state index in [1.807, 2.05) is 36.4 Å². The lowest BCUT2D eigenvalue weighted by Crippen LogP contribution is -2.15. The number of halogens is 1. The normalized spacial score (nSPS) is 10.3. The standard InChI is InChI=1S/C17H20BrN3O/c1-2-3-10-19-16-9-8-14(12-20-16)21-17(22)11-13-6-4-5-7-15(13)18/h4-9,12H,2-3,10-11H2,1H3,(H,19,20)(H,21,22). The molecule has 0 bridgehead atoms. The highest BCUT2D eigenvalue weighted by atomic mass is 79.9. The van der Waals surface area contributed by atoms with Crippen molar-refractivity contribution in [2.24, 2.45) is 0 Å². The van der Waals surface area contributed by atoms with Crippen LogP contribution in [0.3, 0.4) is 0 Å². The molecule has 2 rings (SSSR count). The van der Waals surface area contributed by atoms with Crippen molar-refractivity contribution in [2.75, 3.05) is 17.2 Å². The average Bonchev–Trinajstić information content (AvgIpc) is 2.51. The molecule has 0 aliphatic heterocycles. The van der Waals surface area contributed by atoms with E-state index in [0.29, 0.717) is 12.1 Å². The molecule has 2 aromatic rings. The van der Waals surface area contributed by atoms with Crippen molar-refractivity contribution < 1.29 is 4.79 Å². The van der Waals surface area contributed by atoms with Crippen LogP contribution in [0.25, 0.3) is 0 Å². The van der Waals surface area contributed by atoms with Crippen molar-refractivity contribution in [2.45, 2.75) is 26.2 Å². The maximum atomic E-state index is 12.1. The zero-order valence-corrected chi connectivity index (χ0v) is 14.2. The number of pyridine rings is 1. The Morgan fingerprint density at radius 1 is 1.23 bits per heavy atom. The average molecular weight is 362 g/mol. The SMILES string of the molecule is CCCCNc1ccc(NC(=O)Cc2ccccc2Br)cn1. The number of rotatable bonds is 7. The van der Waals surface area contributed by atoms with Gasteiger partial charge in [0.2, 0.25) is 5.91 Å². The molecular weight excluding hydrogens is 342 g/mol. The van der Waals surface area contributed by atoms with E-state index in [4.69, 9.17) is 0 Å². The second-order valence-electron chi connectivity index (χ2n) is 5.03. The highest BCUT2D eigenvalue weighted by Gasteiger charge is 2.07. The number of hydrogen-bond acceptors (Lipinski definition) is 3. The van der Waals surface area contributed by atoms with Gasteiger partial charge in [0.05, 0.1) is 18.3 Å². The highest BCUT2D eigenvalue weighted by Crippen LogP contribution is 2.17. The summed E-state index contributed by atoms with van der Waals surface area (Å²) >= 11 is 3.45. The molecule has 1 heterocycles. The van der Waals surface area contributed by atoms with Crippen LogP contribution in [-0.4, -0.2) is 17.4 Å². The minimum Gasteiger partial charge on any atom is -0.370 e. The molecule has 0 spiro atoms. The minimum absolute atomic E-state index is 0.0552. The molecule has 1 amide bonds. The minimum atomic E-state index is -0.0552. The Labute approximate surface area is 139 Å². The van der Waals surface area contributed by atoms with E-state index in [2.05, 4.69) is 38.5 Å². The molecule has 0 radical (unpaired) electrons. The highest BCUT2D eigenvalue weighted by molar-refractivity contribution is 9.10. The third-order valence-corrected chi connectivity index (χ3v) is 3.97. The van der Waals surface area contributed by atoms with E-state index in [1.165, 1.54) is 0 Å². The third kappa shape index (κ3) is 5.15. The van der Waals surface area contributed by atoms with Gasteiger partial charge in [-0.25, -0.2) is 4.98 Å². The van der Waals surface area contributed by atoms with Crippen LogP contribution in [0.2, 0.25) is 0 Å². The van der Waals surface area contributed by atoms with E-state index < -0.39 is 0 Å². The van der Waals surface area contributed by atoms with Crippen LogP contribution in [0.1, 0.15) is 25.3 Å². The van der Waals surface area contributed by atoms with Gasteiger partial charge in [0.15, 0.2) is 0 Å². The van der Waals surface area contributed by atoms with Crippen molar-refractivity contribution in [3.63, 3.8) is 0 Å². The molecule has 0 fully saturated rings. The summed E-state index contributed by atoms with van der Waals surface area (Å²) in [6.45, 7) is 3.07. The van der Waals surface area contributed by atoms with Crippen molar-refractivity contribution in [3.8, 4) is 0 Å². The van der Waals surface area contributed by atoms with Gasteiger partial charge in [0, 0.05) is 11.0 Å². The lowest BCUT2D eigenvalue weighted by atomic mass is 10.1. The third-order valence-electron chi connectivity index (χ3n) is 3.19. The molecule has 2 N–H and O–H groups in total. The maximum absolute atomic E-state index is 12.1. The molecule has 1 aromatic carbocycles. The number of amides is 1. The lowest BCUT2D eigenvalue weighted by molar-refractivity contribution is -0.115. The fraction of sp³-hybridized carbons (Fsp3) is 0.294. The monoisotopic (exact) mass is 361 g/mol. The smallest absolute Gasteiger partial charge is 0.228 e. The van der Waals surface area contributed by atoms with Crippen LogP contribution in [0.4, 0.5) is 11.5 Å². The Balaban J connectivity index is 1.88. The van der Waals surface area contributed by atoms with Crippen LogP contribution >= 0.6 is 15.9 Å². The van der Waals surface area contributed by atoms with E-state index >= 15 is 0 Å². The fourth-order valence-corrected chi connectivity index (χ4v) is 2.41. The summed E-state index contributed by atoms with van der Waals surface area (Å²) in [5, 5.41) is 6.11. The van der Waals surface area contributed by atoms with Gasteiger partial charge < -0.3 is 10.6 Å². The number of nitrogens with zero attached hydrogens (tertiary/aromatic N) is 1. The largest absolute Gasteiger partial charge is 0.370 e. The van der Waals surface area contributed by atoms with Gasteiger partial charge in [-0.15, -0.1) is 0 Å². The van der Waals surface area contributed by atoms with Crippen LogP contribution in [-0.2, 0) is 11.2 Å². The van der Waals surface area contributed by atoms with Gasteiger partial charge in [0.1, 0.15) is 5.82 Å². The van der Waals surface area contributed by atoms with Gasteiger partial charge in [-0.2, -0.15) is 0 Å². The van der Waals surface area contributed by atoms with Gasteiger partial charge in [-0.3, -0.25) is 4.79 Å². The Morgan fingerprint density at radius 3 is 2.73 bits per heavy atom. The second-order valence-corrected chi connectivity index (χ2v) is 5.88. The molecule has 0 unspecified atom stereocenters. The number of aromatic nitrogens is 1.